The number of carbonyl (C=O) groups excluding carboxylic acids is 2. The molecular weight excluding hydrogens is 266 g/mol. The molecule has 21 heavy (non-hydrogen) atoms. The third kappa shape index (κ3) is 4.90. The van der Waals surface area contributed by atoms with Gasteiger partial charge >= 0.3 is 6.03 Å². The number of rotatable bonds is 5. The zero-order valence-corrected chi connectivity index (χ0v) is 13.3. The van der Waals surface area contributed by atoms with Gasteiger partial charge < -0.3 is 15.1 Å². The van der Waals surface area contributed by atoms with Gasteiger partial charge in [0, 0.05) is 39.1 Å². The fraction of sp³-hybridized carbons (Fsp3) is 0.875. The zero-order chi connectivity index (χ0) is 15.1. The molecule has 2 aliphatic rings. The smallest absolute Gasteiger partial charge is 0.317 e. The summed E-state index contributed by atoms with van der Waals surface area (Å²) in [6.07, 6.45) is 9.85. The number of nitrogens with one attached hydrogen (secondary N) is 1. The first-order valence-electron chi connectivity index (χ1n) is 8.47. The van der Waals surface area contributed by atoms with Crippen LogP contribution in [0.15, 0.2) is 0 Å². The van der Waals surface area contributed by atoms with Gasteiger partial charge in [-0.3, -0.25) is 4.79 Å². The lowest BCUT2D eigenvalue weighted by molar-refractivity contribution is -0.127. The second kappa shape index (κ2) is 8.25. The van der Waals surface area contributed by atoms with E-state index in [2.05, 4.69) is 5.32 Å². The number of hydrogen-bond donors (Lipinski definition) is 1. The SMILES string of the molecule is CN(C(=O)NCCCN1CCCC1=O)C1CCCCCC1. The summed E-state index contributed by atoms with van der Waals surface area (Å²) in [4.78, 5) is 27.4. The van der Waals surface area contributed by atoms with Crippen LogP contribution >= 0.6 is 0 Å². The molecule has 1 saturated heterocycles. The molecule has 0 atom stereocenters. The first-order chi connectivity index (χ1) is 10.2. The summed E-state index contributed by atoms with van der Waals surface area (Å²) in [7, 11) is 1.91. The normalized spacial score (nSPS) is 20.4. The van der Waals surface area contributed by atoms with Crippen LogP contribution in [0.4, 0.5) is 4.79 Å². The maximum Gasteiger partial charge on any atom is 0.317 e. The van der Waals surface area contributed by atoms with E-state index in [9.17, 15) is 9.59 Å². The zero-order valence-electron chi connectivity index (χ0n) is 13.3. The highest BCUT2D eigenvalue weighted by Crippen LogP contribution is 2.20. The van der Waals surface area contributed by atoms with Crippen molar-refractivity contribution in [2.24, 2.45) is 0 Å². The van der Waals surface area contributed by atoms with Gasteiger partial charge in [0.2, 0.25) is 5.91 Å². The van der Waals surface area contributed by atoms with Crippen LogP contribution in [0.2, 0.25) is 0 Å². The predicted molar refractivity (Wildman–Crippen MR) is 83.1 cm³/mol. The topological polar surface area (TPSA) is 52.7 Å². The number of urea groups is 1. The fourth-order valence-electron chi connectivity index (χ4n) is 3.34. The number of likely N-dealkylation sites (tertiary alicyclic amines) is 1. The van der Waals surface area contributed by atoms with Gasteiger partial charge in [0.1, 0.15) is 0 Å². The Kier molecular flexibility index (Phi) is 6.33. The van der Waals surface area contributed by atoms with Gasteiger partial charge in [-0.1, -0.05) is 25.7 Å². The highest BCUT2D eigenvalue weighted by atomic mass is 16.2. The first-order valence-corrected chi connectivity index (χ1v) is 8.47. The van der Waals surface area contributed by atoms with E-state index >= 15 is 0 Å². The van der Waals surface area contributed by atoms with Crippen molar-refractivity contribution in [3.63, 3.8) is 0 Å². The van der Waals surface area contributed by atoms with Crippen LogP contribution in [0, 0.1) is 0 Å². The van der Waals surface area contributed by atoms with E-state index in [1.54, 1.807) is 0 Å². The molecule has 0 aromatic heterocycles. The molecule has 0 bridgehead atoms. The van der Waals surface area contributed by atoms with Crippen LogP contribution in [0.1, 0.15) is 57.8 Å². The van der Waals surface area contributed by atoms with E-state index in [-0.39, 0.29) is 11.9 Å². The van der Waals surface area contributed by atoms with Crippen molar-refractivity contribution in [3.8, 4) is 0 Å². The average Bonchev–Trinajstić information content (AvgIpc) is 2.74. The molecule has 2 rings (SSSR count). The third-order valence-electron chi connectivity index (χ3n) is 4.75. The van der Waals surface area contributed by atoms with Gasteiger partial charge in [0.25, 0.3) is 0 Å². The molecule has 0 unspecified atom stereocenters. The summed E-state index contributed by atoms with van der Waals surface area (Å²) in [5.41, 5.74) is 0. The van der Waals surface area contributed by atoms with Gasteiger partial charge in [0.15, 0.2) is 0 Å². The largest absolute Gasteiger partial charge is 0.343 e. The van der Waals surface area contributed by atoms with Crippen LogP contribution in [0.5, 0.6) is 0 Å². The molecule has 3 amide bonds. The minimum Gasteiger partial charge on any atom is -0.343 e. The Labute approximate surface area is 128 Å². The van der Waals surface area contributed by atoms with Gasteiger partial charge in [0.05, 0.1) is 0 Å². The molecule has 5 heteroatoms. The second-order valence-corrected chi connectivity index (χ2v) is 6.33. The van der Waals surface area contributed by atoms with E-state index < -0.39 is 0 Å². The van der Waals surface area contributed by atoms with Crippen LogP contribution in [-0.2, 0) is 4.79 Å². The highest BCUT2D eigenvalue weighted by molar-refractivity contribution is 5.78. The fourth-order valence-corrected chi connectivity index (χ4v) is 3.34. The van der Waals surface area contributed by atoms with Gasteiger partial charge in [-0.15, -0.1) is 0 Å². The van der Waals surface area contributed by atoms with Crippen LogP contribution in [-0.4, -0.2) is 54.5 Å². The molecule has 1 N–H and O–H groups in total. The molecule has 120 valence electrons. The Bertz CT molecular complexity index is 351. The standard InChI is InChI=1S/C16H29N3O2/c1-18(14-8-4-2-3-5-9-14)16(21)17-11-7-13-19-12-6-10-15(19)20/h14H,2-13H2,1H3,(H,17,21). The quantitative estimate of drug-likeness (QED) is 0.625. The summed E-state index contributed by atoms with van der Waals surface area (Å²) in [6, 6.07) is 0.433. The van der Waals surface area contributed by atoms with E-state index in [1.165, 1.54) is 25.7 Å². The lowest BCUT2D eigenvalue weighted by Crippen LogP contribution is -2.44. The van der Waals surface area contributed by atoms with Crippen molar-refractivity contribution in [2.75, 3.05) is 26.7 Å². The number of amides is 3. The maximum absolute atomic E-state index is 12.1. The van der Waals surface area contributed by atoms with E-state index in [0.29, 0.717) is 19.0 Å². The van der Waals surface area contributed by atoms with Crippen LogP contribution in [0.25, 0.3) is 0 Å². The molecule has 5 nitrogen and oxygen atoms in total. The monoisotopic (exact) mass is 295 g/mol. The van der Waals surface area contributed by atoms with E-state index in [0.717, 1.165) is 38.8 Å². The molecule has 1 heterocycles. The van der Waals surface area contributed by atoms with Gasteiger partial charge in [-0.25, -0.2) is 4.79 Å². The second-order valence-electron chi connectivity index (χ2n) is 6.33. The Hall–Kier alpha value is -1.26. The van der Waals surface area contributed by atoms with Crippen molar-refractivity contribution >= 4 is 11.9 Å². The summed E-state index contributed by atoms with van der Waals surface area (Å²) in [5, 5.41) is 2.99. The van der Waals surface area contributed by atoms with Gasteiger partial charge in [-0.05, 0) is 25.7 Å². The molecule has 1 saturated carbocycles. The van der Waals surface area contributed by atoms with Crippen molar-refractivity contribution in [3.05, 3.63) is 0 Å². The lowest BCUT2D eigenvalue weighted by atomic mass is 10.1. The molecule has 0 radical (unpaired) electrons. The summed E-state index contributed by atoms with van der Waals surface area (Å²) in [6.45, 7) is 2.31. The molecule has 2 fully saturated rings. The Morgan fingerprint density at radius 1 is 1.24 bits per heavy atom. The number of hydrogen-bond acceptors (Lipinski definition) is 2. The van der Waals surface area contributed by atoms with Crippen molar-refractivity contribution in [1.29, 1.82) is 0 Å². The predicted octanol–water partition coefficient (Wildman–Crippen LogP) is 2.36. The van der Waals surface area contributed by atoms with Gasteiger partial charge in [-0.2, -0.15) is 0 Å². The molecule has 1 aliphatic heterocycles. The average molecular weight is 295 g/mol. The van der Waals surface area contributed by atoms with Crippen LogP contribution in [0.3, 0.4) is 0 Å². The van der Waals surface area contributed by atoms with Crippen molar-refractivity contribution < 1.29 is 9.59 Å². The first kappa shape index (κ1) is 16.1. The molecule has 0 aromatic rings. The Morgan fingerprint density at radius 2 is 1.95 bits per heavy atom. The lowest BCUT2D eigenvalue weighted by Gasteiger charge is -2.27. The Balaban J connectivity index is 1.62. The summed E-state index contributed by atoms with van der Waals surface area (Å²) < 4.78 is 0. The van der Waals surface area contributed by atoms with Crippen molar-refractivity contribution in [2.45, 2.75) is 63.8 Å². The molecule has 0 aromatic carbocycles. The summed E-state index contributed by atoms with van der Waals surface area (Å²) >= 11 is 0. The van der Waals surface area contributed by atoms with Crippen molar-refractivity contribution in [1.82, 2.24) is 15.1 Å². The number of nitrogens with zero attached hydrogens (tertiary/aromatic N) is 2. The summed E-state index contributed by atoms with van der Waals surface area (Å²) in [5.74, 6) is 0.261. The maximum atomic E-state index is 12.1. The van der Waals surface area contributed by atoms with E-state index in [1.807, 2.05) is 16.8 Å². The Morgan fingerprint density at radius 3 is 2.57 bits per heavy atom. The van der Waals surface area contributed by atoms with Crippen LogP contribution < -0.4 is 5.32 Å². The molecule has 0 spiro atoms. The molecule has 1 aliphatic carbocycles. The minimum absolute atomic E-state index is 0.0367. The highest BCUT2D eigenvalue weighted by Gasteiger charge is 2.21. The molecular formula is C16H29N3O2. The third-order valence-corrected chi connectivity index (χ3v) is 4.75. The van der Waals surface area contributed by atoms with E-state index in [4.69, 9.17) is 0 Å². The minimum atomic E-state index is 0.0367. The number of carbonyl (C=O) groups is 2.